The van der Waals surface area contributed by atoms with Crippen LogP contribution in [0.25, 0.3) is 0 Å². The zero-order chi connectivity index (χ0) is 13.0. The van der Waals surface area contributed by atoms with Gasteiger partial charge in [0.15, 0.2) is 0 Å². The molecule has 1 aromatic heterocycles. The molecule has 18 heavy (non-hydrogen) atoms. The highest BCUT2D eigenvalue weighted by Crippen LogP contribution is 2.09. The summed E-state index contributed by atoms with van der Waals surface area (Å²) in [7, 11) is 0. The molecule has 0 aliphatic carbocycles. The summed E-state index contributed by atoms with van der Waals surface area (Å²) in [6, 6.07) is -0.162. The number of hydrogen-bond donors (Lipinski definition) is 1. The number of aryl methyl sites for hydroxylation is 1. The number of aromatic nitrogens is 3. The Hall–Kier alpha value is -1.43. The molecule has 1 amide bonds. The highest BCUT2D eigenvalue weighted by atomic mass is 16.2. The predicted molar refractivity (Wildman–Crippen MR) is 67.8 cm³/mol. The Labute approximate surface area is 107 Å². The number of likely N-dealkylation sites (tertiary alicyclic amines) is 1. The van der Waals surface area contributed by atoms with Crippen molar-refractivity contribution in [2.75, 3.05) is 13.1 Å². The molecule has 0 aromatic carbocycles. The van der Waals surface area contributed by atoms with Crippen LogP contribution in [0.15, 0.2) is 6.33 Å². The number of amides is 1. The molecule has 2 rings (SSSR count). The van der Waals surface area contributed by atoms with E-state index in [9.17, 15) is 4.79 Å². The summed E-state index contributed by atoms with van der Waals surface area (Å²) < 4.78 is 1.97. The first-order valence-corrected chi connectivity index (χ1v) is 6.61. The summed E-state index contributed by atoms with van der Waals surface area (Å²) in [6.45, 7) is 7.18. The lowest BCUT2D eigenvalue weighted by atomic mass is 10.3. The molecule has 0 radical (unpaired) electrons. The average molecular weight is 251 g/mol. The Balaban J connectivity index is 1.84. The molecule has 1 saturated heterocycles. The van der Waals surface area contributed by atoms with Crippen molar-refractivity contribution in [3.8, 4) is 0 Å². The van der Waals surface area contributed by atoms with E-state index in [0.29, 0.717) is 6.54 Å². The van der Waals surface area contributed by atoms with Crippen LogP contribution in [0.4, 0.5) is 0 Å². The topological polar surface area (TPSA) is 63.1 Å². The quantitative estimate of drug-likeness (QED) is 0.822. The molecule has 1 N–H and O–H groups in total. The number of hydrogen-bond acceptors (Lipinski definition) is 4. The van der Waals surface area contributed by atoms with Crippen molar-refractivity contribution >= 4 is 5.91 Å². The normalized spacial score (nSPS) is 17.1. The second kappa shape index (κ2) is 5.95. The standard InChI is InChI=1S/C12H21N5O/c1-3-16-9-14-15-11(16)8-13-10(2)12(18)17-6-4-5-7-17/h9-10,13H,3-8H2,1-2H3. The van der Waals surface area contributed by atoms with E-state index in [4.69, 9.17) is 0 Å². The van der Waals surface area contributed by atoms with Gasteiger partial charge in [-0.05, 0) is 26.7 Å². The van der Waals surface area contributed by atoms with Gasteiger partial charge in [-0.3, -0.25) is 10.1 Å². The van der Waals surface area contributed by atoms with Crippen LogP contribution in [0.1, 0.15) is 32.5 Å². The second-order valence-corrected chi connectivity index (χ2v) is 4.67. The van der Waals surface area contributed by atoms with Gasteiger partial charge in [0.1, 0.15) is 12.2 Å². The zero-order valence-electron chi connectivity index (χ0n) is 11.1. The van der Waals surface area contributed by atoms with Gasteiger partial charge in [0.05, 0.1) is 12.6 Å². The van der Waals surface area contributed by atoms with Gasteiger partial charge in [0.2, 0.25) is 5.91 Å². The van der Waals surface area contributed by atoms with Crippen molar-refractivity contribution in [3.63, 3.8) is 0 Å². The number of rotatable bonds is 5. The Morgan fingerprint density at radius 2 is 2.22 bits per heavy atom. The molecule has 1 atom stereocenters. The van der Waals surface area contributed by atoms with E-state index < -0.39 is 0 Å². The minimum atomic E-state index is -0.162. The molecule has 100 valence electrons. The van der Waals surface area contributed by atoms with Gasteiger partial charge in [-0.1, -0.05) is 0 Å². The van der Waals surface area contributed by atoms with E-state index in [1.54, 1.807) is 6.33 Å². The molecule has 1 aromatic rings. The molecule has 0 spiro atoms. The van der Waals surface area contributed by atoms with E-state index in [1.807, 2.05) is 23.3 Å². The molecule has 2 heterocycles. The molecular weight excluding hydrogens is 230 g/mol. The van der Waals surface area contributed by atoms with Gasteiger partial charge >= 0.3 is 0 Å². The highest BCUT2D eigenvalue weighted by Gasteiger charge is 2.22. The van der Waals surface area contributed by atoms with E-state index in [-0.39, 0.29) is 11.9 Å². The van der Waals surface area contributed by atoms with Crippen LogP contribution >= 0.6 is 0 Å². The first kappa shape index (κ1) is 13.0. The molecule has 1 aliphatic rings. The molecule has 6 heteroatoms. The monoisotopic (exact) mass is 251 g/mol. The summed E-state index contributed by atoms with van der Waals surface area (Å²) in [6.07, 6.45) is 3.97. The maximum absolute atomic E-state index is 12.1. The van der Waals surface area contributed by atoms with E-state index in [2.05, 4.69) is 15.5 Å². The minimum Gasteiger partial charge on any atom is -0.341 e. The minimum absolute atomic E-state index is 0.162. The maximum Gasteiger partial charge on any atom is 0.239 e. The van der Waals surface area contributed by atoms with Crippen molar-refractivity contribution in [2.45, 2.75) is 45.8 Å². The van der Waals surface area contributed by atoms with Gasteiger partial charge in [-0.2, -0.15) is 0 Å². The van der Waals surface area contributed by atoms with Gasteiger partial charge in [-0.25, -0.2) is 0 Å². The lowest BCUT2D eigenvalue weighted by molar-refractivity contribution is -0.132. The summed E-state index contributed by atoms with van der Waals surface area (Å²) in [5.74, 6) is 1.06. The lowest BCUT2D eigenvalue weighted by Crippen LogP contribution is -2.43. The Kier molecular flexibility index (Phi) is 4.30. The van der Waals surface area contributed by atoms with Gasteiger partial charge in [-0.15, -0.1) is 10.2 Å². The van der Waals surface area contributed by atoms with Crippen LogP contribution in [0.5, 0.6) is 0 Å². The molecule has 1 unspecified atom stereocenters. The van der Waals surface area contributed by atoms with Gasteiger partial charge < -0.3 is 9.47 Å². The van der Waals surface area contributed by atoms with Gasteiger partial charge in [0.25, 0.3) is 0 Å². The Morgan fingerprint density at radius 1 is 1.50 bits per heavy atom. The van der Waals surface area contributed by atoms with Crippen LogP contribution in [0, 0.1) is 0 Å². The summed E-state index contributed by atoms with van der Waals surface area (Å²) in [4.78, 5) is 14.0. The fourth-order valence-electron chi connectivity index (χ4n) is 2.22. The number of nitrogens with one attached hydrogen (secondary N) is 1. The van der Waals surface area contributed by atoms with Crippen molar-refractivity contribution in [1.29, 1.82) is 0 Å². The van der Waals surface area contributed by atoms with Crippen molar-refractivity contribution in [3.05, 3.63) is 12.2 Å². The highest BCUT2D eigenvalue weighted by molar-refractivity contribution is 5.81. The molecule has 1 fully saturated rings. The smallest absolute Gasteiger partial charge is 0.239 e. The second-order valence-electron chi connectivity index (χ2n) is 4.67. The predicted octanol–water partition coefficient (Wildman–Crippen LogP) is 0.398. The van der Waals surface area contributed by atoms with E-state index >= 15 is 0 Å². The van der Waals surface area contributed by atoms with Gasteiger partial charge in [0, 0.05) is 19.6 Å². The van der Waals surface area contributed by atoms with Crippen molar-refractivity contribution in [1.82, 2.24) is 25.0 Å². The SMILES string of the molecule is CCn1cnnc1CNC(C)C(=O)N1CCCC1. The van der Waals surface area contributed by atoms with Crippen LogP contribution in [0.3, 0.4) is 0 Å². The number of nitrogens with zero attached hydrogens (tertiary/aromatic N) is 4. The number of carbonyl (C=O) groups is 1. The fraction of sp³-hybridized carbons (Fsp3) is 0.750. The first-order valence-electron chi connectivity index (χ1n) is 6.61. The Bertz CT molecular complexity index is 397. The van der Waals surface area contributed by atoms with Crippen molar-refractivity contribution < 1.29 is 4.79 Å². The van der Waals surface area contributed by atoms with Crippen LogP contribution in [0.2, 0.25) is 0 Å². The molecule has 0 bridgehead atoms. The summed E-state index contributed by atoms with van der Waals surface area (Å²) >= 11 is 0. The van der Waals surface area contributed by atoms with Crippen LogP contribution < -0.4 is 5.32 Å². The van der Waals surface area contributed by atoms with E-state index in [0.717, 1.165) is 38.3 Å². The largest absolute Gasteiger partial charge is 0.341 e. The molecular formula is C12H21N5O. The summed E-state index contributed by atoms with van der Waals surface area (Å²) in [5.41, 5.74) is 0. The molecule has 6 nitrogen and oxygen atoms in total. The van der Waals surface area contributed by atoms with Crippen LogP contribution in [-0.2, 0) is 17.9 Å². The maximum atomic E-state index is 12.1. The third-order valence-corrected chi connectivity index (χ3v) is 3.39. The van der Waals surface area contributed by atoms with Crippen molar-refractivity contribution in [2.24, 2.45) is 0 Å². The average Bonchev–Trinajstić information content (AvgIpc) is 3.05. The molecule has 1 aliphatic heterocycles. The fourth-order valence-corrected chi connectivity index (χ4v) is 2.22. The third-order valence-electron chi connectivity index (χ3n) is 3.39. The molecule has 0 saturated carbocycles. The number of carbonyl (C=O) groups excluding carboxylic acids is 1. The first-order chi connectivity index (χ1) is 8.72. The third kappa shape index (κ3) is 2.87. The summed E-state index contributed by atoms with van der Waals surface area (Å²) in [5, 5.41) is 11.1. The zero-order valence-corrected chi connectivity index (χ0v) is 11.1. The van der Waals surface area contributed by atoms with Crippen LogP contribution in [-0.4, -0.2) is 44.7 Å². The van der Waals surface area contributed by atoms with E-state index in [1.165, 1.54) is 0 Å². The Morgan fingerprint density at radius 3 is 2.89 bits per heavy atom. The lowest BCUT2D eigenvalue weighted by Gasteiger charge is -2.21.